The average molecular weight is 258 g/mol. The minimum atomic E-state index is -0.490. The van der Waals surface area contributed by atoms with Gasteiger partial charge in [0.15, 0.2) is 0 Å². The maximum absolute atomic E-state index is 12.8. The number of nitrogens with one attached hydrogen (secondary N) is 1. The summed E-state index contributed by atoms with van der Waals surface area (Å²) in [6.45, 7) is 2.90. The number of benzene rings is 1. The Morgan fingerprint density at radius 1 is 1.42 bits per heavy atom. The third-order valence-electron chi connectivity index (χ3n) is 2.72. The Hall–Kier alpha value is -2.35. The van der Waals surface area contributed by atoms with Crippen LogP contribution in [0.2, 0.25) is 0 Å². The standard InChI is InChI=1S/C14H15FN4/c1-2-7-19-10-11(9-17-19)14(8-16)18-13-5-3-12(15)4-6-13/h3-6,9-10,14,18H,2,7H2,1H3. The summed E-state index contributed by atoms with van der Waals surface area (Å²) in [5, 5.41) is 16.5. The van der Waals surface area contributed by atoms with Crippen molar-refractivity contribution in [3.8, 4) is 6.07 Å². The van der Waals surface area contributed by atoms with E-state index in [-0.39, 0.29) is 5.82 Å². The molecule has 1 atom stereocenters. The largest absolute Gasteiger partial charge is 0.366 e. The van der Waals surface area contributed by atoms with E-state index in [0.29, 0.717) is 5.69 Å². The lowest BCUT2D eigenvalue weighted by Crippen LogP contribution is -2.07. The molecule has 1 heterocycles. The molecule has 0 bridgehead atoms. The van der Waals surface area contributed by atoms with Crippen molar-refractivity contribution in [2.45, 2.75) is 25.9 Å². The van der Waals surface area contributed by atoms with E-state index >= 15 is 0 Å². The molecule has 0 saturated carbocycles. The molecule has 0 fully saturated rings. The number of rotatable bonds is 5. The zero-order chi connectivity index (χ0) is 13.7. The van der Waals surface area contributed by atoms with Crippen LogP contribution in [-0.2, 0) is 6.54 Å². The molecular weight excluding hydrogens is 243 g/mol. The van der Waals surface area contributed by atoms with E-state index in [1.54, 1.807) is 18.3 Å². The zero-order valence-electron chi connectivity index (χ0n) is 10.7. The summed E-state index contributed by atoms with van der Waals surface area (Å²) in [7, 11) is 0. The Morgan fingerprint density at radius 3 is 2.79 bits per heavy atom. The highest BCUT2D eigenvalue weighted by molar-refractivity contribution is 5.46. The van der Waals surface area contributed by atoms with E-state index in [0.717, 1.165) is 18.5 Å². The Morgan fingerprint density at radius 2 is 2.16 bits per heavy atom. The molecule has 0 radical (unpaired) electrons. The molecule has 98 valence electrons. The fourth-order valence-corrected chi connectivity index (χ4v) is 1.78. The summed E-state index contributed by atoms with van der Waals surface area (Å²) in [5.74, 6) is -0.296. The summed E-state index contributed by atoms with van der Waals surface area (Å²) in [6.07, 6.45) is 4.53. The third kappa shape index (κ3) is 3.32. The number of anilines is 1. The monoisotopic (exact) mass is 258 g/mol. The first-order valence-corrected chi connectivity index (χ1v) is 6.17. The molecule has 0 aliphatic heterocycles. The van der Waals surface area contributed by atoms with Gasteiger partial charge in [0.05, 0.1) is 12.3 Å². The van der Waals surface area contributed by atoms with Gasteiger partial charge in [-0.25, -0.2) is 4.39 Å². The molecule has 0 aliphatic carbocycles. The van der Waals surface area contributed by atoms with Crippen LogP contribution >= 0.6 is 0 Å². The molecule has 19 heavy (non-hydrogen) atoms. The number of nitrogens with zero attached hydrogens (tertiary/aromatic N) is 3. The van der Waals surface area contributed by atoms with Gasteiger partial charge in [0, 0.05) is 24.0 Å². The number of hydrogen-bond acceptors (Lipinski definition) is 3. The van der Waals surface area contributed by atoms with E-state index in [9.17, 15) is 9.65 Å². The second-order valence-electron chi connectivity index (χ2n) is 4.25. The van der Waals surface area contributed by atoms with E-state index in [1.165, 1.54) is 12.1 Å². The maximum Gasteiger partial charge on any atom is 0.143 e. The molecular formula is C14H15FN4. The van der Waals surface area contributed by atoms with Gasteiger partial charge in [-0.2, -0.15) is 10.4 Å². The van der Waals surface area contributed by atoms with Crippen LogP contribution in [0.4, 0.5) is 10.1 Å². The van der Waals surface area contributed by atoms with Gasteiger partial charge in [-0.15, -0.1) is 0 Å². The van der Waals surface area contributed by atoms with Gasteiger partial charge < -0.3 is 5.32 Å². The normalized spacial score (nSPS) is 11.8. The summed E-state index contributed by atoms with van der Waals surface area (Å²) in [4.78, 5) is 0. The van der Waals surface area contributed by atoms with Crippen LogP contribution in [0, 0.1) is 17.1 Å². The molecule has 2 rings (SSSR count). The van der Waals surface area contributed by atoms with Crippen LogP contribution < -0.4 is 5.32 Å². The third-order valence-corrected chi connectivity index (χ3v) is 2.72. The van der Waals surface area contributed by atoms with Gasteiger partial charge in [-0.3, -0.25) is 4.68 Å². The first-order chi connectivity index (χ1) is 9.22. The highest BCUT2D eigenvalue weighted by Gasteiger charge is 2.12. The van der Waals surface area contributed by atoms with Crippen molar-refractivity contribution in [3.63, 3.8) is 0 Å². The second-order valence-corrected chi connectivity index (χ2v) is 4.25. The van der Waals surface area contributed by atoms with E-state index in [2.05, 4.69) is 23.4 Å². The quantitative estimate of drug-likeness (QED) is 0.896. The molecule has 5 heteroatoms. The highest BCUT2D eigenvalue weighted by atomic mass is 19.1. The summed E-state index contributed by atoms with van der Waals surface area (Å²) in [6, 6.07) is 7.62. The molecule has 0 spiro atoms. The predicted octanol–water partition coefficient (Wildman–Crippen LogP) is 3.11. The van der Waals surface area contributed by atoms with Crippen LogP contribution in [0.25, 0.3) is 0 Å². The van der Waals surface area contributed by atoms with Crippen molar-refractivity contribution in [3.05, 3.63) is 48.0 Å². The number of aromatic nitrogens is 2. The lowest BCUT2D eigenvalue weighted by Gasteiger charge is -2.10. The smallest absolute Gasteiger partial charge is 0.143 e. The minimum Gasteiger partial charge on any atom is -0.366 e. The molecule has 1 unspecified atom stereocenters. The van der Waals surface area contributed by atoms with Gasteiger partial charge in [-0.05, 0) is 30.7 Å². The number of nitriles is 1. The maximum atomic E-state index is 12.8. The average Bonchev–Trinajstić information content (AvgIpc) is 2.87. The Kier molecular flexibility index (Phi) is 4.14. The van der Waals surface area contributed by atoms with Gasteiger partial charge in [-0.1, -0.05) is 6.92 Å². The molecule has 4 nitrogen and oxygen atoms in total. The lowest BCUT2D eigenvalue weighted by atomic mass is 10.1. The fraction of sp³-hybridized carbons (Fsp3) is 0.286. The molecule has 2 aromatic rings. The van der Waals surface area contributed by atoms with Crippen molar-refractivity contribution < 1.29 is 4.39 Å². The van der Waals surface area contributed by atoms with E-state index in [1.807, 2.05) is 10.9 Å². The minimum absolute atomic E-state index is 0.296. The number of halogens is 1. The lowest BCUT2D eigenvalue weighted by molar-refractivity contribution is 0.602. The first-order valence-electron chi connectivity index (χ1n) is 6.17. The molecule has 0 saturated heterocycles. The predicted molar refractivity (Wildman–Crippen MR) is 70.9 cm³/mol. The summed E-state index contributed by atoms with van der Waals surface area (Å²) >= 11 is 0. The zero-order valence-corrected chi connectivity index (χ0v) is 10.7. The van der Waals surface area contributed by atoms with Crippen molar-refractivity contribution in [2.75, 3.05) is 5.32 Å². The number of hydrogen-bond donors (Lipinski definition) is 1. The SMILES string of the molecule is CCCn1cc(C(C#N)Nc2ccc(F)cc2)cn1. The number of aryl methyl sites for hydroxylation is 1. The molecule has 0 amide bonds. The Bertz CT molecular complexity index is 568. The van der Waals surface area contributed by atoms with E-state index in [4.69, 9.17) is 0 Å². The van der Waals surface area contributed by atoms with Crippen LogP contribution in [0.1, 0.15) is 24.9 Å². The molecule has 1 aromatic carbocycles. The highest BCUT2D eigenvalue weighted by Crippen LogP contribution is 2.19. The van der Waals surface area contributed by atoms with Crippen LogP contribution in [0.3, 0.4) is 0 Å². The van der Waals surface area contributed by atoms with Crippen LogP contribution in [-0.4, -0.2) is 9.78 Å². The van der Waals surface area contributed by atoms with Crippen LogP contribution in [0.15, 0.2) is 36.7 Å². The Balaban J connectivity index is 2.11. The van der Waals surface area contributed by atoms with Crippen molar-refractivity contribution in [1.82, 2.24) is 9.78 Å². The summed E-state index contributed by atoms with van der Waals surface area (Å²) < 4.78 is 14.6. The topological polar surface area (TPSA) is 53.6 Å². The van der Waals surface area contributed by atoms with Gasteiger partial charge >= 0.3 is 0 Å². The second kappa shape index (κ2) is 6.01. The fourth-order valence-electron chi connectivity index (χ4n) is 1.78. The molecule has 0 aliphatic rings. The Labute approximate surface area is 111 Å². The van der Waals surface area contributed by atoms with Crippen LogP contribution in [0.5, 0.6) is 0 Å². The van der Waals surface area contributed by atoms with Gasteiger partial charge in [0.1, 0.15) is 11.9 Å². The van der Waals surface area contributed by atoms with Gasteiger partial charge in [0.2, 0.25) is 0 Å². The molecule has 1 N–H and O–H groups in total. The molecule has 1 aromatic heterocycles. The van der Waals surface area contributed by atoms with Gasteiger partial charge in [0.25, 0.3) is 0 Å². The van der Waals surface area contributed by atoms with E-state index < -0.39 is 6.04 Å². The van der Waals surface area contributed by atoms with Crippen molar-refractivity contribution in [1.29, 1.82) is 5.26 Å². The van der Waals surface area contributed by atoms with Crippen molar-refractivity contribution >= 4 is 5.69 Å². The first kappa shape index (κ1) is 13.1. The summed E-state index contributed by atoms with van der Waals surface area (Å²) in [5.41, 5.74) is 1.51. The van der Waals surface area contributed by atoms with Crippen molar-refractivity contribution in [2.24, 2.45) is 0 Å².